The zero-order chi connectivity index (χ0) is 17.2. The van der Waals surface area contributed by atoms with E-state index in [0.717, 1.165) is 5.56 Å². The summed E-state index contributed by atoms with van der Waals surface area (Å²) in [6.45, 7) is 3.97. The Hall–Kier alpha value is -2.45. The largest absolute Gasteiger partial charge is 0.475 e. The second-order valence-electron chi connectivity index (χ2n) is 5.52. The van der Waals surface area contributed by atoms with Gasteiger partial charge in [0, 0.05) is 25.0 Å². The lowest BCUT2D eigenvalue weighted by atomic mass is 10.3. The third-order valence-electron chi connectivity index (χ3n) is 3.28. The van der Waals surface area contributed by atoms with E-state index >= 15 is 0 Å². The number of nitrogens with zero attached hydrogens (tertiary/aromatic N) is 3. The minimum atomic E-state index is -3.68. The number of hydrogen-bond donors (Lipinski definition) is 1. The first-order chi connectivity index (χ1) is 11.5. The fraction of sp³-hybridized carbons (Fsp3) is 0.250. The molecule has 0 aliphatic heterocycles. The van der Waals surface area contributed by atoms with Crippen molar-refractivity contribution in [3.8, 4) is 5.88 Å². The molecule has 3 aromatic heterocycles. The van der Waals surface area contributed by atoms with Crippen molar-refractivity contribution in [2.45, 2.75) is 31.5 Å². The van der Waals surface area contributed by atoms with Gasteiger partial charge < -0.3 is 4.74 Å². The van der Waals surface area contributed by atoms with Gasteiger partial charge in [0.1, 0.15) is 5.65 Å². The summed E-state index contributed by atoms with van der Waals surface area (Å²) < 4.78 is 34.5. The molecule has 3 aromatic rings. The van der Waals surface area contributed by atoms with Crippen LogP contribution in [0.5, 0.6) is 5.88 Å². The number of imidazole rings is 1. The Balaban J connectivity index is 1.73. The van der Waals surface area contributed by atoms with Crippen molar-refractivity contribution in [1.82, 2.24) is 19.1 Å². The van der Waals surface area contributed by atoms with Crippen LogP contribution in [0.15, 0.2) is 53.9 Å². The average Bonchev–Trinajstić information content (AvgIpc) is 2.99. The number of pyridine rings is 2. The van der Waals surface area contributed by atoms with Gasteiger partial charge in [-0.05, 0) is 31.5 Å². The molecule has 0 saturated heterocycles. The van der Waals surface area contributed by atoms with Crippen LogP contribution in [0, 0.1) is 0 Å². The van der Waals surface area contributed by atoms with E-state index in [2.05, 4.69) is 14.7 Å². The van der Waals surface area contributed by atoms with Crippen molar-refractivity contribution in [2.24, 2.45) is 0 Å². The molecule has 3 heterocycles. The van der Waals surface area contributed by atoms with Crippen LogP contribution in [-0.2, 0) is 16.6 Å². The lowest BCUT2D eigenvalue weighted by molar-refractivity contribution is 0.232. The minimum Gasteiger partial charge on any atom is -0.475 e. The van der Waals surface area contributed by atoms with Crippen LogP contribution in [0.4, 0.5) is 0 Å². The first kappa shape index (κ1) is 16.4. The van der Waals surface area contributed by atoms with Crippen molar-refractivity contribution >= 4 is 15.7 Å². The maximum atomic E-state index is 12.5. The highest BCUT2D eigenvalue weighted by Gasteiger charge is 2.18. The van der Waals surface area contributed by atoms with Gasteiger partial charge in [0.05, 0.1) is 12.3 Å². The van der Waals surface area contributed by atoms with E-state index in [-0.39, 0.29) is 17.7 Å². The molecule has 0 saturated carbocycles. The molecule has 0 aliphatic carbocycles. The van der Waals surface area contributed by atoms with Gasteiger partial charge >= 0.3 is 0 Å². The first-order valence-corrected chi connectivity index (χ1v) is 8.97. The molecule has 0 amide bonds. The Morgan fingerprint density at radius 2 is 2.00 bits per heavy atom. The van der Waals surface area contributed by atoms with Gasteiger partial charge in [-0.2, -0.15) is 0 Å². The van der Waals surface area contributed by atoms with Crippen LogP contribution in [0.3, 0.4) is 0 Å². The zero-order valence-electron chi connectivity index (χ0n) is 13.4. The second kappa shape index (κ2) is 6.58. The molecule has 0 aromatic carbocycles. The van der Waals surface area contributed by atoms with E-state index < -0.39 is 10.0 Å². The Bertz CT molecular complexity index is 933. The zero-order valence-corrected chi connectivity index (χ0v) is 14.2. The van der Waals surface area contributed by atoms with Gasteiger partial charge in [-0.3, -0.25) is 4.40 Å². The van der Waals surface area contributed by atoms with Crippen LogP contribution in [0.25, 0.3) is 5.65 Å². The van der Waals surface area contributed by atoms with Crippen molar-refractivity contribution in [2.75, 3.05) is 0 Å². The third-order valence-corrected chi connectivity index (χ3v) is 4.66. The Morgan fingerprint density at radius 1 is 1.17 bits per heavy atom. The molecular formula is C16H18N4O3S. The molecule has 126 valence electrons. The number of sulfonamides is 1. The lowest BCUT2D eigenvalue weighted by Crippen LogP contribution is -2.24. The van der Waals surface area contributed by atoms with E-state index in [1.165, 1.54) is 10.6 Å². The number of fused-ring (bicyclic) bond motifs is 1. The molecular weight excluding hydrogens is 328 g/mol. The summed E-state index contributed by atoms with van der Waals surface area (Å²) in [5.74, 6) is 0.512. The molecule has 0 spiro atoms. The van der Waals surface area contributed by atoms with E-state index in [9.17, 15) is 8.42 Å². The number of rotatable bonds is 6. The summed E-state index contributed by atoms with van der Waals surface area (Å²) in [4.78, 5) is 8.25. The Labute approximate surface area is 140 Å². The maximum Gasteiger partial charge on any atom is 0.258 e. The van der Waals surface area contributed by atoms with Crippen LogP contribution in [0.2, 0.25) is 0 Å². The second-order valence-corrected chi connectivity index (χ2v) is 7.23. The summed E-state index contributed by atoms with van der Waals surface area (Å²) in [5.41, 5.74) is 1.32. The van der Waals surface area contributed by atoms with E-state index in [1.807, 2.05) is 13.8 Å². The fourth-order valence-corrected chi connectivity index (χ4v) is 3.30. The predicted octanol–water partition coefficient (Wildman–Crippen LogP) is 1.99. The van der Waals surface area contributed by atoms with Crippen molar-refractivity contribution in [3.63, 3.8) is 0 Å². The van der Waals surface area contributed by atoms with Crippen LogP contribution < -0.4 is 9.46 Å². The molecule has 0 fully saturated rings. The fourth-order valence-electron chi connectivity index (χ4n) is 2.19. The molecule has 8 heteroatoms. The molecule has 7 nitrogen and oxygen atoms in total. The summed E-state index contributed by atoms with van der Waals surface area (Å²) in [7, 11) is -3.68. The molecule has 0 atom stereocenters. The highest BCUT2D eigenvalue weighted by molar-refractivity contribution is 7.89. The van der Waals surface area contributed by atoms with Gasteiger partial charge in [-0.15, -0.1) is 0 Å². The molecule has 0 radical (unpaired) electrons. The minimum absolute atomic E-state index is 0.0389. The van der Waals surface area contributed by atoms with Gasteiger partial charge in [0.25, 0.3) is 10.0 Å². The average molecular weight is 346 g/mol. The number of hydrogen-bond acceptors (Lipinski definition) is 5. The molecule has 24 heavy (non-hydrogen) atoms. The van der Waals surface area contributed by atoms with Gasteiger partial charge in [-0.25, -0.2) is 23.1 Å². The van der Waals surface area contributed by atoms with Crippen molar-refractivity contribution in [3.05, 3.63) is 54.5 Å². The molecule has 0 aliphatic rings. The number of aromatic nitrogens is 3. The molecule has 1 N–H and O–H groups in total. The Morgan fingerprint density at radius 3 is 2.71 bits per heavy atom. The normalized spacial score (nSPS) is 12.0. The number of ether oxygens (including phenoxy) is 1. The van der Waals surface area contributed by atoms with E-state index in [0.29, 0.717) is 11.5 Å². The number of nitrogens with one attached hydrogen (secondary N) is 1. The molecule has 0 unspecified atom stereocenters. The highest BCUT2D eigenvalue weighted by atomic mass is 32.2. The lowest BCUT2D eigenvalue weighted by Gasteiger charge is -2.09. The van der Waals surface area contributed by atoms with Crippen LogP contribution in [0.1, 0.15) is 19.4 Å². The summed E-state index contributed by atoms with van der Waals surface area (Å²) in [5, 5.41) is 0.103. The highest BCUT2D eigenvalue weighted by Crippen LogP contribution is 2.13. The van der Waals surface area contributed by atoms with Gasteiger partial charge in [0.2, 0.25) is 5.88 Å². The van der Waals surface area contributed by atoms with E-state index in [1.54, 1.807) is 42.7 Å². The SMILES string of the molecule is CC(C)Oc1ccc(CNS(=O)(=O)c2cnc3ccccn23)cn1. The van der Waals surface area contributed by atoms with Gasteiger partial charge in [0.15, 0.2) is 5.03 Å². The van der Waals surface area contributed by atoms with Crippen LogP contribution in [-0.4, -0.2) is 28.9 Å². The van der Waals surface area contributed by atoms with Gasteiger partial charge in [-0.1, -0.05) is 12.1 Å². The van der Waals surface area contributed by atoms with Crippen LogP contribution >= 0.6 is 0 Å². The quantitative estimate of drug-likeness (QED) is 0.738. The monoisotopic (exact) mass is 346 g/mol. The standard InChI is InChI=1S/C16H18N4O3S/c1-12(2)23-15-7-6-13(9-18-15)10-19-24(21,22)16-11-17-14-5-3-4-8-20(14)16/h3-9,11-12,19H,10H2,1-2H3. The van der Waals surface area contributed by atoms with E-state index in [4.69, 9.17) is 4.74 Å². The van der Waals surface area contributed by atoms with Crippen molar-refractivity contribution in [1.29, 1.82) is 0 Å². The predicted molar refractivity (Wildman–Crippen MR) is 89.2 cm³/mol. The molecule has 3 rings (SSSR count). The Kier molecular flexibility index (Phi) is 4.50. The summed E-state index contributed by atoms with van der Waals surface area (Å²) >= 11 is 0. The summed E-state index contributed by atoms with van der Waals surface area (Å²) in [6, 6.07) is 8.81. The first-order valence-electron chi connectivity index (χ1n) is 7.49. The van der Waals surface area contributed by atoms with Crippen molar-refractivity contribution < 1.29 is 13.2 Å². The smallest absolute Gasteiger partial charge is 0.258 e. The molecule has 0 bridgehead atoms. The maximum absolute atomic E-state index is 12.5. The topological polar surface area (TPSA) is 85.6 Å². The summed E-state index contributed by atoms with van der Waals surface area (Å²) in [6.07, 6.45) is 4.64. The third kappa shape index (κ3) is 3.55.